The minimum absolute atomic E-state index is 0.229. The third-order valence-corrected chi connectivity index (χ3v) is 1.91. The highest BCUT2D eigenvalue weighted by molar-refractivity contribution is 6.34. The lowest BCUT2D eigenvalue weighted by Gasteiger charge is -2.09. The van der Waals surface area contributed by atoms with E-state index in [2.05, 4.69) is 9.47 Å². The second kappa shape index (κ2) is 5.52. The maximum atomic E-state index is 12.0. The highest BCUT2D eigenvalue weighted by atomic mass is 19.4. The number of ether oxygens (including phenoxy) is 2. The molecule has 1 aromatic carbocycles. The van der Waals surface area contributed by atoms with E-state index in [1.807, 2.05) is 0 Å². The molecule has 0 amide bonds. The number of benzene rings is 1. The molecular weight excluding hydrogens is 253 g/mol. The predicted molar refractivity (Wildman–Crippen MR) is 53.9 cm³/mol. The van der Waals surface area contributed by atoms with E-state index < -0.39 is 23.9 Å². The first kappa shape index (κ1) is 14.0. The molecule has 0 aliphatic carbocycles. The number of rotatable bonds is 4. The Morgan fingerprint density at radius 3 is 2.50 bits per heavy atom. The van der Waals surface area contributed by atoms with Crippen molar-refractivity contribution in [3.8, 4) is 5.75 Å². The van der Waals surface area contributed by atoms with Gasteiger partial charge in [-0.1, -0.05) is 12.1 Å². The van der Waals surface area contributed by atoms with Crippen LogP contribution in [0.25, 0.3) is 0 Å². The van der Waals surface area contributed by atoms with Crippen LogP contribution in [0.15, 0.2) is 24.3 Å². The Morgan fingerprint density at radius 2 is 1.94 bits per heavy atom. The molecule has 0 spiro atoms. The van der Waals surface area contributed by atoms with Crippen LogP contribution in [0.3, 0.4) is 0 Å². The summed E-state index contributed by atoms with van der Waals surface area (Å²) in [5.74, 6) is -2.34. The fraction of sp³-hybridized carbons (Fsp3) is 0.273. The van der Waals surface area contributed by atoms with Crippen molar-refractivity contribution in [3.63, 3.8) is 0 Å². The van der Waals surface area contributed by atoms with Crippen molar-refractivity contribution < 1.29 is 32.2 Å². The molecule has 0 N–H and O–H groups in total. The molecule has 98 valence electrons. The fourth-order valence-corrected chi connectivity index (χ4v) is 1.22. The van der Waals surface area contributed by atoms with Gasteiger partial charge in [0, 0.05) is 6.42 Å². The van der Waals surface area contributed by atoms with Crippen LogP contribution >= 0.6 is 0 Å². The number of alkyl halides is 3. The second-order valence-corrected chi connectivity index (χ2v) is 3.29. The monoisotopic (exact) mass is 262 g/mol. The molecule has 1 aromatic rings. The van der Waals surface area contributed by atoms with Gasteiger partial charge in [-0.15, -0.1) is 13.2 Å². The molecule has 4 nitrogen and oxygen atoms in total. The zero-order valence-corrected chi connectivity index (χ0v) is 9.28. The van der Waals surface area contributed by atoms with Crippen molar-refractivity contribution >= 4 is 11.8 Å². The first-order valence-corrected chi connectivity index (χ1v) is 4.77. The van der Waals surface area contributed by atoms with Crippen molar-refractivity contribution in [2.45, 2.75) is 12.8 Å². The quantitative estimate of drug-likeness (QED) is 0.614. The summed E-state index contributed by atoms with van der Waals surface area (Å²) in [6.07, 6.45) is -5.15. The van der Waals surface area contributed by atoms with Gasteiger partial charge in [-0.05, 0) is 17.7 Å². The summed E-state index contributed by atoms with van der Waals surface area (Å²) in [5, 5.41) is 0. The first-order chi connectivity index (χ1) is 8.31. The first-order valence-electron chi connectivity index (χ1n) is 4.77. The number of methoxy groups -OCH3 is 1. The third kappa shape index (κ3) is 4.44. The van der Waals surface area contributed by atoms with Crippen LogP contribution in [0.2, 0.25) is 0 Å². The van der Waals surface area contributed by atoms with Gasteiger partial charge in [-0.2, -0.15) is 0 Å². The molecule has 0 heterocycles. The summed E-state index contributed by atoms with van der Waals surface area (Å²) >= 11 is 0. The Morgan fingerprint density at radius 1 is 1.28 bits per heavy atom. The van der Waals surface area contributed by atoms with Crippen LogP contribution < -0.4 is 4.74 Å². The number of hydrogen-bond acceptors (Lipinski definition) is 4. The Bertz CT molecular complexity index is 454. The number of Topliss-reactive ketones (excluding diaryl/α,β-unsaturated/α-hetero) is 1. The van der Waals surface area contributed by atoms with Gasteiger partial charge in [-0.25, -0.2) is 4.79 Å². The molecule has 18 heavy (non-hydrogen) atoms. The molecule has 0 aliphatic heterocycles. The fourth-order valence-electron chi connectivity index (χ4n) is 1.22. The Labute approximate surface area is 100 Å². The molecule has 0 unspecified atom stereocenters. The maximum absolute atomic E-state index is 12.0. The number of hydrogen-bond donors (Lipinski definition) is 0. The van der Waals surface area contributed by atoms with Crippen molar-refractivity contribution in [1.29, 1.82) is 0 Å². The van der Waals surface area contributed by atoms with Crippen LogP contribution in [0.5, 0.6) is 5.75 Å². The zero-order valence-electron chi connectivity index (χ0n) is 9.28. The maximum Gasteiger partial charge on any atom is 0.573 e. The third-order valence-electron chi connectivity index (χ3n) is 1.91. The van der Waals surface area contributed by atoms with Gasteiger partial charge in [0.05, 0.1) is 7.11 Å². The van der Waals surface area contributed by atoms with E-state index >= 15 is 0 Å². The molecule has 7 heteroatoms. The van der Waals surface area contributed by atoms with Gasteiger partial charge in [0.15, 0.2) is 0 Å². The second-order valence-electron chi connectivity index (χ2n) is 3.29. The van der Waals surface area contributed by atoms with Crippen LogP contribution in [0, 0.1) is 0 Å². The van der Waals surface area contributed by atoms with Crippen molar-refractivity contribution in [1.82, 2.24) is 0 Å². The Hall–Kier alpha value is -2.05. The van der Waals surface area contributed by atoms with Crippen LogP contribution in [-0.2, 0) is 20.7 Å². The van der Waals surface area contributed by atoms with Crippen LogP contribution in [0.4, 0.5) is 13.2 Å². The summed E-state index contributed by atoms with van der Waals surface area (Å²) < 4.78 is 43.7. The number of carbonyl (C=O) groups excluding carboxylic acids is 2. The summed E-state index contributed by atoms with van der Waals surface area (Å²) in [6, 6.07) is 4.83. The number of halogens is 3. The molecule has 0 aromatic heterocycles. The van der Waals surface area contributed by atoms with E-state index in [-0.39, 0.29) is 12.0 Å². The molecule has 0 saturated heterocycles. The number of ketones is 1. The van der Waals surface area contributed by atoms with Gasteiger partial charge in [0.25, 0.3) is 0 Å². The van der Waals surface area contributed by atoms with Gasteiger partial charge in [0.1, 0.15) is 5.75 Å². The molecule has 0 bridgehead atoms. The average molecular weight is 262 g/mol. The van der Waals surface area contributed by atoms with Crippen LogP contribution in [-0.4, -0.2) is 25.2 Å². The molecule has 0 radical (unpaired) electrons. The van der Waals surface area contributed by atoms with E-state index in [0.717, 1.165) is 19.2 Å². The number of esters is 1. The summed E-state index contributed by atoms with van der Waals surface area (Å²) in [4.78, 5) is 22.0. The lowest BCUT2D eigenvalue weighted by atomic mass is 10.1. The van der Waals surface area contributed by atoms with Gasteiger partial charge in [-0.3, -0.25) is 4.79 Å². The largest absolute Gasteiger partial charge is 0.573 e. The standard InChI is InChI=1S/C11H9F3O4/c1-17-10(16)9(15)6-7-3-2-4-8(5-7)18-11(12,13)14/h2-5H,6H2,1H3. The summed E-state index contributed by atoms with van der Waals surface area (Å²) in [6.45, 7) is 0. The van der Waals surface area contributed by atoms with Crippen molar-refractivity contribution in [3.05, 3.63) is 29.8 Å². The normalized spacial score (nSPS) is 10.9. The average Bonchev–Trinajstić information content (AvgIpc) is 2.26. The molecule has 1 rings (SSSR count). The summed E-state index contributed by atoms with van der Waals surface area (Å²) in [7, 11) is 1.05. The zero-order chi connectivity index (χ0) is 13.8. The van der Waals surface area contributed by atoms with Gasteiger partial charge >= 0.3 is 12.3 Å². The van der Waals surface area contributed by atoms with Crippen LogP contribution in [0.1, 0.15) is 5.56 Å². The topological polar surface area (TPSA) is 52.6 Å². The minimum atomic E-state index is -4.80. The van der Waals surface area contributed by atoms with E-state index in [1.54, 1.807) is 0 Å². The predicted octanol–water partition coefficient (Wildman–Crippen LogP) is 1.87. The highest BCUT2D eigenvalue weighted by Gasteiger charge is 2.31. The lowest BCUT2D eigenvalue weighted by molar-refractivity contribution is -0.274. The lowest BCUT2D eigenvalue weighted by Crippen LogP contribution is -2.19. The Balaban J connectivity index is 2.77. The Kier molecular flexibility index (Phi) is 4.30. The smallest absolute Gasteiger partial charge is 0.463 e. The molecule has 0 saturated carbocycles. The molecular formula is C11H9F3O4. The van der Waals surface area contributed by atoms with Gasteiger partial charge in [0.2, 0.25) is 5.78 Å². The highest BCUT2D eigenvalue weighted by Crippen LogP contribution is 2.23. The molecule has 0 atom stereocenters. The van der Waals surface area contributed by atoms with Crippen molar-refractivity contribution in [2.75, 3.05) is 7.11 Å². The number of carbonyl (C=O) groups is 2. The summed E-state index contributed by atoms with van der Waals surface area (Å²) in [5.41, 5.74) is 0.229. The van der Waals surface area contributed by atoms with E-state index in [1.165, 1.54) is 12.1 Å². The van der Waals surface area contributed by atoms with E-state index in [9.17, 15) is 22.8 Å². The van der Waals surface area contributed by atoms with Crippen molar-refractivity contribution in [2.24, 2.45) is 0 Å². The van der Waals surface area contributed by atoms with E-state index in [4.69, 9.17) is 0 Å². The molecule has 0 fully saturated rings. The van der Waals surface area contributed by atoms with Gasteiger partial charge < -0.3 is 9.47 Å². The SMILES string of the molecule is COC(=O)C(=O)Cc1cccc(OC(F)(F)F)c1. The minimum Gasteiger partial charge on any atom is -0.463 e. The van der Waals surface area contributed by atoms with E-state index in [0.29, 0.717) is 0 Å². The molecule has 0 aliphatic rings.